The van der Waals surface area contributed by atoms with Gasteiger partial charge in [0.1, 0.15) is 11.5 Å². The number of ether oxygens (including phenoxy) is 2. The fraction of sp³-hybridized carbons (Fsp3) is 0.316. The van der Waals surface area contributed by atoms with Gasteiger partial charge < -0.3 is 14.8 Å². The van der Waals surface area contributed by atoms with Crippen LogP contribution in [0.1, 0.15) is 19.4 Å². The normalized spacial score (nSPS) is 11.6. The number of para-hydroxylation sites is 1. The Hall–Kier alpha value is -2.14. The number of thioether (sulfide) groups is 1. The maximum Gasteiger partial charge on any atom is 0.233 e. The van der Waals surface area contributed by atoms with Gasteiger partial charge in [0.05, 0.1) is 19.0 Å². The van der Waals surface area contributed by atoms with E-state index in [2.05, 4.69) is 5.32 Å². The number of hydrogen-bond acceptors (Lipinski definition) is 4. The monoisotopic (exact) mass is 345 g/mol. The van der Waals surface area contributed by atoms with Crippen LogP contribution in [-0.4, -0.2) is 24.9 Å². The van der Waals surface area contributed by atoms with E-state index < -0.39 is 0 Å². The van der Waals surface area contributed by atoms with Crippen LogP contribution in [0, 0.1) is 0 Å². The van der Waals surface area contributed by atoms with E-state index in [4.69, 9.17) is 9.47 Å². The first-order valence-electron chi connectivity index (χ1n) is 7.93. The summed E-state index contributed by atoms with van der Waals surface area (Å²) in [5.74, 6) is 1.63. The molecule has 128 valence electrons. The molecule has 1 atom stereocenters. The molecule has 0 radical (unpaired) electrons. The number of methoxy groups -OCH3 is 1. The number of amides is 1. The first-order chi connectivity index (χ1) is 11.6. The summed E-state index contributed by atoms with van der Waals surface area (Å²) < 4.78 is 10.7. The lowest BCUT2D eigenvalue weighted by Gasteiger charge is -2.14. The van der Waals surface area contributed by atoms with Gasteiger partial charge in [0.15, 0.2) is 0 Å². The van der Waals surface area contributed by atoms with Crippen molar-refractivity contribution in [1.29, 1.82) is 0 Å². The Morgan fingerprint density at radius 2 is 1.88 bits per heavy atom. The summed E-state index contributed by atoms with van der Waals surface area (Å²) in [7, 11) is 1.64. The second kappa shape index (κ2) is 9.23. The molecule has 0 aliphatic carbocycles. The SMILES string of the molecule is CCOc1ccccc1CNC(=O)[C@H](C)Sc1ccc(OC)cc1. The van der Waals surface area contributed by atoms with Gasteiger partial charge in [-0.15, -0.1) is 11.8 Å². The Bertz CT molecular complexity index is 658. The van der Waals surface area contributed by atoms with E-state index in [0.29, 0.717) is 13.2 Å². The zero-order chi connectivity index (χ0) is 17.4. The molecular weight excluding hydrogens is 322 g/mol. The Balaban J connectivity index is 1.89. The Morgan fingerprint density at radius 1 is 1.17 bits per heavy atom. The maximum atomic E-state index is 12.3. The number of hydrogen-bond donors (Lipinski definition) is 1. The molecule has 0 unspecified atom stereocenters. The van der Waals surface area contributed by atoms with Crippen molar-refractivity contribution in [3.05, 3.63) is 54.1 Å². The zero-order valence-electron chi connectivity index (χ0n) is 14.2. The summed E-state index contributed by atoms with van der Waals surface area (Å²) in [5.41, 5.74) is 0.981. The summed E-state index contributed by atoms with van der Waals surface area (Å²) in [6, 6.07) is 15.5. The fourth-order valence-electron chi connectivity index (χ4n) is 2.18. The molecule has 0 fully saturated rings. The van der Waals surface area contributed by atoms with Gasteiger partial charge in [-0.05, 0) is 44.2 Å². The molecule has 0 bridgehead atoms. The van der Waals surface area contributed by atoms with Gasteiger partial charge in [-0.3, -0.25) is 4.79 Å². The van der Waals surface area contributed by atoms with Crippen molar-refractivity contribution in [3.63, 3.8) is 0 Å². The minimum atomic E-state index is -0.183. The standard InChI is InChI=1S/C19H23NO3S/c1-4-23-18-8-6-5-7-15(18)13-20-19(21)14(2)24-17-11-9-16(22-3)10-12-17/h5-12,14H,4,13H2,1-3H3,(H,20,21)/t14-/m0/s1. The van der Waals surface area contributed by atoms with E-state index in [-0.39, 0.29) is 11.2 Å². The second-order valence-electron chi connectivity index (χ2n) is 5.19. The molecule has 5 heteroatoms. The summed E-state index contributed by atoms with van der Waals surface area (Å²) >= 11 is 1.52. The van der Waals surface area contributed by atoms with Crippen molar-refractivity contribution < 1.29 is 14.3 Å². The quantitative estimate of drug-likeness (QED) is 0.737. The van der Waals surface area contributed by atoms with Gasteiger partial charge in [0.25, 0.3) is 0 Å². The fourth-order valence-corrected chi connectivity index (χ4v) is 3.08. The number of carbonyl (C=O) groups excluding carboxylic acids is 1. The van der Waals surface area contributed by atoms with E-state index in [0.717, 1.165) is 22.0 Å². The zero-order valence-corrected chi connectivity index (χ0v) is 15.1. The van der Waals surface area contributed by atoms with Gasteiger partial charge >= 0.3 is 0 Å². The van der Waals surface area contributed by atoms with Crippen LogP contribution in [0.3, 0.4) is 0 Å². The van der Waals surface area contributed by atoms with Crippen LogP contribution >= 0.6 is 11.8 Å². The first-order valence-corrected chi connectivity index (χ1v) is 8.81. The number of nitrogens with one attached hydrogen (secondary N) is 1. The van der Waals surface area contributed by atoms with Crippen molar-refractivity contribution in [2.45, 2.75) is 30.5 Å². The third kappa shape index (κ3) is 5.20. The average molecular weight is 345 g/mol. The van der Waals surface area contributed by atoms with Crippen molar-refractivity contribution in [2.24, 2.45) is 0 Å². The summed E-state index contributed by atoms with van der Waals surface area (Å²) in [6.45, 7) is 4.92. The lowest BCUT2D eigenvalue weighted by atomic mass is 10.2. The molecule has 0 aromatic heterocycles. The first kappa shape index (κ1) is 18.2. The van der Waals surface area contributed by atoms with Crippen LogP contribution in [0.15, 0.2) is 53.4 Å². The minimum Gasteiger partial charge on any atom is -0.497 e. The third-order valence-corrected chi connectivity index (χ3v) is 4.58. The molecule has 2 rings (SSSR count). The van der Waals surface area contributed by atoms with Crippen molar-refractivity contribution in [3.8, 4) is 11.5 Å². The Kier molecular flexibility index (Phi) is 7.00. The Morgan fingerprint density at radius 3 is 2.54 bits per heavy atom. The minimum absolute atomic E-state index is 0.00196. The van der Waals surface area contributed by atoms with Crippen LogP contribution in [0.4, 0.5) is 0 Å². The van der Waals surface area contributed by atoms with Crippen molar-refractivity contribution in [1.82, 2.24) is 5.32 Å². The van der Waals surface area contributed by atoms with E-state index in [9.17, 15) is 4.79 Å². The van der Waals surface area contributed by atoms with Gasteiger partial charge in [-0.1, -0.05) is 18.2 Å². The van der Waals surface area contributed by atoms with E-state index in [1.807, 2.05) is 62.4 Å². The lowest BCUT2D eigenvalue weighted by Crippen LogP contribution is -2.30. The van der Waals surface area contributed by atoms with Crippen LogP contribution in [0.25, 0.3) is 0 Å². The summed E-state index contributed by atoms with van der Waals surface area (Å²) in [5, 5.41) is 2.79. The van der Waals surface area contributed by atoms with Crippen molar-refractivity contribution >= 4 is 17.7 Å². The van der Waals surface area contributed by atoms with Crippen LogP contribution in [-0.2, 0) is 11.3 Å². The summed E-state index contributed by atoms with van der Waals surface area (Å²) in [4.78, 5) is 13.4. The molecule has 1 amide bonds. The highest BCUT2D eigenvalue weighted by Crippen LogP contribution is 2.25. The average Bonchev–Trinajstić information content (AvgIpc) is 2.61. The molecule has 0 aliphatic rings. The molecule has 24 heavy (non-hydrogen) atoms. The highest BCUT2D eigenvalue weighted by molar-refractivity contribution is 8.00. The van der Waals surface area contributed by atoms with E-state index in [1.54, 1.807) is 7.11 Å². The van der Waals surface area contributed by atoms with E-state index in [1.165, 1.54) is 11.8 Å². The van der Waals surface area contributed by atoms with Gasteiger partial charge in [0, 0.05) is 17.0 Å². The number of benzene rings is 2. The molecule has 0 aliphatic heterocycles. The Labute approximate surface area is 147 Å². The lowest BCUT2D eigenvalue weighted by molar-refractivity contribution is -0.120. The third-order valence-electron chi connectivity index (χ3n) is 3.47. The molecule has 4 nitrogen and oxygen atoms in total. The molecule has 0 heterocycles. The highest BCUT2D eigenvalue weighted by Gasteiger charge is 2.15. The van der Waals surface area contributed by atoms with Gasteiger partial charge in [-0.2, -0.15) is 0 Å². The largest absolute Gasteiger partial charge is 0.497 e. The number of carbonyl (C=O) groups is 1. The number of rotatable bonds is 8. The van der Waals surface area contributed by atoms with Crippen molar-refractivity contribution in [2.75, 3.05) is 13.7 Å². The molecule has 0 saturated carbocycles. The predicted molar refractivity (Wildman–Crippen MR) is 97.8 cm³/mol. The van der Waals surface area contributed by atoms with E-state index >= 15 is 0 Å². The van der Waals surface area contributed by atoms with Crippen LogP contribution in [0.2, 0.25) is 0 Å². The molecular formula is C19H23NO3S. The second-order valence-corrected chi connectivity index (χ2v) is 6.61. The molecule has 2 aromatic rings. The summed E-state index contributed by atoms with van der Waals surface area (Å²) in [6.07, 6.45) is 0. The smallest absolute Gasteiger partial charge is 0.233 e. The van der Waals surface area contributed by atoms with Gasteiger partial charge in [-0.25, -0.2) is 0 Å². The molecule has 2 aromatic carbocycles. The van der Waals surface area contributed by atoms with Gasteiger partial charge in [0.2, 0.25) is 5.91 Å². The molecule has 0 saturated heterocycles. The topological polar surface area (TPSA) is 47.6 Å². The maximum absolute atomic E-state index is 12.3. The van der Waals surface area contributed by atoms with Crippen LogP contribution in [0.5, 0.6) is 11.5 Å². The highest BCUT2D eigenvalue weighted by atomic mass is 32.2. The molecule has 0 spiro atoms. The molecule has 1 N–H and O–H groups in total. The van der Waals surface area contributed by atoms with Crippen LogP contribution < -0.4 is 14.8 Å². The predicted octanol–water partition coefficient (Wildman–Crippen LogP) is 3.89.